The van der Waals surface area contributed by atoms with Gasteiger partial charge in [0.2, 0.25) is 0 Å². The molecule has 29 heavy (non-hydrogen) atoms. The molecule has 2 saturated heterocycles. The Morgan fingerprint density at radius 2 is 1.79 bits per heavy atom. The Morgan fingerprint density at radius 3 is 2.48 bits per heavy atom. The van der Waals surface area contributed by atoms with Gasteiger partial charge >= 0.3 is 6.18 Å². The van der Waals surface area contributed by atoms with E-state index in [9.17, 15) is 18.0 Å². The third kappa shape index (κ3) is 6.57. The summed E-state index contributed by atoms with van der Waals surface area (Å²) in [6, 6.07) is 3.65. The maximum Gasteiger partial charge on any atom is 0.411 e. The number of hydrogen-bond donors (Lipinski definition) is 0. The zero-order valence-corrected chi connectivity index (χ0v) is 16.7. The Kier molecular flexibility index (Phi) is 7.71. The van der Waals surface area contributed by atoms with E-state index in [2.05, 4.69) is 19.5 Å². The van der Waals surface area contributed by atoms with Crippen molar-refractivity contribution in [3.63, 3.8) is 0 Å². The first-order valence-electron chi connectivity index (χ1n) is 10.3. The summed E-state index contributed by atoms with van der Waals surface area (Å²) in [6.45, 7) is 4.07. The monoisotopic (exact) mass is 414 g/mol. The van der Waals surface area contributed by atoms with Crippen molar-refractivity contribution >= 4 is 11.7 Å². The number of nitrogens with zero attached hydrogens (tertiary/aromatic N) is 4. The van der Waals surface area contributed by atoms with Crippen LogP contribution in [0.2, 0.25) is 0 Å². The number of carbonyl (C=O) groups excluding carboxylic acids is 1. The van der Waals surface area contributed by atoms with Gasteiger partial charge in [0, 0.05) is 58.6 Å². The van der Waals surface area contributed by atoms with Crippen LogP contribution in [0.3, 0.4) is 0 Å². The van der Waals surface area contributed by atoms with E-state index in [0.717, 1.165) is 31.7 Å². The number of hydrogen-bond acceptors (Lipinski definition) is 5. The minimum absolute atomic E-state index is 0.00633. The van der Waals surface area contributed by atoms with E-state index >= 15 is 0 Å². The molecule has 0 aliphatic carbocycles. The van der Waals surface area contributed by atoms with E-state index < -0.39 is 12.8 Å². The number of amides is 1. The molecule has 3 rings (SSSR count). The first kappa shape index (κ1) is 21.8. The summed E-state index contributed by atoms with van der Waals surface area (Å²) in [4.78, 5) is 23.8. The van der Waals surface area contributed by atoms with Gasteiger partial charge in [-0.3, -0.25) is 9.69 Å². The quantitative estimate of drug-likeness (QED) is 0.643. The number of aromatic nitrogens is 1. The molecular weight excluding hydrogens is 385 g/mol. The third-order valence-corrected chi connectivity index (χ3v) is 5.36. The highest BCUT2D eigenvalue weighted by Crippen LogP contribution is 2.23. The van der Waals surface area contributed by atoms with Crippen LogP contribution in [0.4, 0.5) is 19.0 Å². The van der Waals surface area contributed by atoms with Gasteiger partial charge in [-0.1, -0.05) is 0 Å². The van der Waals surface area contributed by atoms with Gasteiger partial charge in [-0.2, -0.15) is 13.2 Å². The Balaban J connectivity index is 1.46. The summed E-state index contributed by atoms with van der Waals surface area (Å²) in [6.07, 6.45) is 1.47. The number of rotatable bonds is 7. The number of halogens is 3. The van der Waals surface area contributed by atoms with Crippen molar-refractivity contribution in [1.82, 2.24) is 14.8 Å². The molecule has 3 heterocycles. The lowest BCUT2D eigenvalue weighted by atomic mass is 10.1. The van der Waals surface area contributed by atoms with Crippen LogP contribution in [-0.2, 0) is 4.74 Å². The maximum absolute atomic E-state index is 13.1. The number of anilines is 1. The van der Waals surface area contributed by atoms with Crippen LogP contribution in [0, 0.1) is 0 Å². The average Bonchev–Trinajstić information content (AvgIpc) is 2.73. The molecule has 0 aromatic carbocycles. The Morgan fingerprint density at radius 1 is 1.07 bits per heavy atom. The van der Waals surface area contributed by atoms with E-state index in [0.29, 0.717) is 44.7 Å². The largest absolute Gasteiger partial charge is 0.411 e. The molecule has 0 spiro atoms. The van der Waals surface area contributed by atoms with Crippen LogP contribution in [0.15, 0.2) is 18.3 Å². The van der Waals surface area contributed by atoms with Crippen molar-refractivity contribution < 1.29 is 22.7 Å². The molecule has 6 nitrogen and oxygen atoms in total. The molecular formula is C20H29F3N4O2. The predicted octanol–water partition coefficient (Wildman–Crippen LogP) is 2.80. The number of pyridine rings is 1. The molecule has 2 aliphatic rings. The number of piperidine rings is 1. The fourth-order valence-corrected chi connectivity index (χ4v) is 3.84. The topological polar surface area (TPSA) is 48.9 Å². The second kappa shape index (κ2) is 10.2. The molecule has 2 aliphatic heterocycles. The van der Waals surface area contributed by atoms with Crippen LogP contribution in [0.25, 0.3) is 0 Å². The Hall–Kier alpha value is -1.87. The molecule has 9 heteroatoms. The number of carbonyl (C=O) groups is 1. The van der Waals surface area contributed by atoms with Crippen LogP contribution in [0.5, 0.6) is 0 Å². The van der Waals surface area contributed by atoms with Crippen molar-refractivity contribution in [3.05, 3.63) is 23.9 Å². The molecule has 0 unspecified atom stereocenters. The van der Waals surface area contributed by atoms with Crippen LogP contribution < -0.4 is 4.90 Å². The highest BCUT2D eigenvalue weighted by molar-refractivity contribution is 5.99. The maximum atomic E-state index is 13.1. The molecule has 162 valence electrons. The normalized spacial score (nSPS) is 18.9. The summed E-state index contributed by atoms with van der Waals surface area (Å²) in [5.41, 5.74) is 0.656. The van der Waals surface area contributed by atoms with Crippen LogP contribution >= 0.6 is 0 Å². The highest BCUT2D eigenvalue weighted by Gasteiger charge is 2.28. The molecule has 0 bridgehead atoms. The standard InChI is InChI=1S/C20H29F3N4O2/c21-20(22,23)16-29-15-5-8-25-11-13-27(14-12-25)19(28)17-6-4-7-24-18(17)26-9-2-1-3-10-26/h4,6-7H,1-3,5,8-16H2. The summed E-state index contributed by atoms with van der Waals surface area (Å²) < 4.78 is 40.8. The lowest BCUT2D eigenvalue weighted by Gasteiger charge is -2.36. The van der Waals surface area contributed by atoms with E-state index in [4.69, 9.17) is 0 Å². The van der Waals surface area contributed by atoms with Crippen molar-refractivity contribution in [3.8, 4) is 0 Å². The summed E-state index contributed by atoms with van der Waals surface area (Å²) in [5, 5.41) is 0. The van der Waals surface area contributed by atoms with Crippen molar-refractivity contribution in [2.24, 2.45) is 0 Å². The van der Waals surface area contributed by atoms with Gasteiger partial charge in [-0.25, -0.2) is 4.98 Å². The Bertz CT molecular complexity index is 657. The molecule has 1 aromatic rings. The highest BCUT2D eigenvalue weighted by atomic mass is 19.4. The van der Waals surface area contributed by atoms with Gasteiger partial charge in [0.25, 0.3) is 5.91 Å². The molecule has 1 amide bonds. The fourth-order valence-electron chi connectivity index (χ4n) is 3.84. The number of piperazine rings is 1. The Labute approximate surface area is 169 Å². The average molecular weight is 414 g/mol. The van der Waals surface area contributed by atoms with E-state index in [-0.39, 0.29) is 12.5 Å². The molecule has 0 atom stereocenters. The van der Waals surface area contributed by atoms with Gasteiger partial charge in [-0.15, -0.1) is 0 Å². The van der Waals surface area contributed by atoms with Gasteiger partial charge in [0.15, 0.2) is 0 Å². The van der Waals surface area contributed by atoms with Crippen LogP contribution in [-0.4, -0.2) is 85.9 Å². The van der Waals surface area contributed by atoms with Gasteiger partial charge in [0.1, 0.15) is 12.4 Å². The van der Waals surface area contributed by atoms with E-state index in [1.54, 1.807) is 12.3 Å². The fraction of sp³-hybridized carbons (Fsp3) is 0.700. The predicted molar refractivity (Wildman–Crippen MR) is 104 cm³/mol. The summed E-state index contributed by atoms with van der Waals surface area (Å²) >= 11 is 0. The zero-order chi connectivity index (χ0) is 20.7. The van der Waals surface area contributed by atoms with E-state index in [1.807, 2.05) is 11.0 Å². The summed E-state index contributed by atoms with van der Waals surface area (Å²) in [5.74, 6) is 0.785. The minimum Gasteiger partial charge on any atom is -0.372 e. The second-order valence-electron chi connectivity index (χ2n) is 7.58. The molecule has 0 saturated carbocycles. The molecule has 0 N–H and O–H groups in total. The second-order valence-corrected chi connectivity index (χ2v) is 7.58. The SMILES string of the molecule is O=C(c1cccnc1N1CCCCC1)N1CCN(CCCOCC(F)(F)F)CC1. The summed E-state index contributed by atoms with van der Waals surface area (Å²) in [7, 11) is 0. The van der Waals surface area contributed by atoms with Crippen molar-refractivity contribution in [2.75, 3.05) is 63.9 Å². The van der Waals surface area contributed by atoms with Gasteiger partial charge in [0.05, 0.1) is 5.56 Å². The number of ether oxygens (including phenoxy) is 1. The minimum atomic E-state index is -4.27. The molecule has 0 radical (unpaired) electrons. The first-order chi connectivity index (χ1) is 13.9. The van der Waals surface area contributed by atoms with E-state index in [1.165, 1.54) is 6.42 Å². The third-order valence-electron chi connectivity index (χ3n) is 5.36. The lowest BCUT2D eigenvalue weighted by molar-refractivity contribution is -0.174. The van der Waals surface area contributed by atoms with Gasteiger partial charge < -0.3 is 14.5 Å². The number of alkyl halides is 3. The zero-order valence-electron chi connectivity index (χ0n) is 16.7. The van der Waals surface area contributed by atoms with Crippen LogP contribution in [0.1, 0.15) is 36.0 Å². The molecule has 2 fully saturated rings. The van der Waals surface area contributed by atoms with Crippen molar-refractivity contribution in [2.45, 2.75) is 31.9 Å². The lowest BCUT2D eigenvalue weighted by Crippen LogP contribution is -2.49. The van der Waals surface area contributed by atoms with Gasteiger partial charge in [-0.05, 0) is 37.8 Å². The molecule has 1 aromatic heterocycles. The van der Waals surface area contributed by atoms with Crippen molar-refractivity contribution in [1.29, 1.82) is 0 Å². The smallest absolute Gasteiger partial charge is 0.372 e. The first-order valence-corrected chi connectivity index (χ1v) is 10.3.